The Morgan fingerprint density at radius 3 is 2.69 bits per heavy atom. The van der Waals surface area contributed by atoms with E-state index in [1.165, 1.54) is 18.4 Å². The summed E-state index contributed by atoms with van der Waals surface area (Å²) < 4.78 is 0. The summed E-state index contributed by atoms with van der Waals surface area (Å²) in [5, 5.41) is 4.39. The summed E-state index contributed by atoms with van der Waals surface area (Å²) in [5.74, 6) is 0.682. The van der Waals surface area contributed by atoms with E-state index >= 15 is 0 Å². The molecule has 16 heavy (non-hydrogen) atoms. The molecular weight excluding hydrogens is 218 g/mol. The third-order valence-corrected chi connectivity index (χ3v) is 4.22. The van der Waals surface area contributed by atoms with Crippen LogP contribution in [0.4, 0.5) is 0 Å². The first-order chi connectivity index (χ1) is 7.62. The molecule has 1 heterocycles. The third kappa shape index (κ3) is 2.26. The molecule has 1 fully saturated rings. The van der Waals surface area contributed by atoms with Gasteiger partial charge in [-0.2, -0.15) is 0 Å². The van der Waals surface area contributed by atoms with E-state index in [-0.39, 0.29) is 5.41 Å². The number of nitrogens with one attached hydrogen (secondary N) is 1. The molecule has 0 aromatic heterocycles. The van der Waals surface area contributed by atoms with Gasteiger partial charge in [-0.1, -0.05) is 43.6 Å². The number of hydrogen-bond acceptors (Lipinski definition) is 1. The Hall–Kier alpha value is -0.530. The van der Waals surface area contributed by atoms with Crippen molar-refractivity contribution >= 4 is 11.6 Å². The van der Waals surface area contributed by atoms with Gasteiger partial charge in [-0.05, 0) is 48.9 Å². The zero-order valence-electron chi connectivity index (χ0n) is 10.1. The van der Waals surface area contributed by atoms with Crippen LogP contribution in [-0.4, -0.2) is 13.1 Å². The van der Waals surface area contributed by atoms with Crippen LogP contribution in [0.3, 0.4) is 0 Å². The first kappa shape index (κ1) is 11.9. The SMILES string of the molecule is CC(C)(c1ccccc1Cl)C1CCCNC1. The summed E-state index contributed by atoms with van der Waals surface area (Å²) in [7, 11) is 0. The van der Waals surface area contributed by atoms with Gasteiger partial charge in [0.05, 0.1) is 0 Å². The highest BCUT2D eigenvalue weighted by Crippen LogP contribution is 2.38. The summed E-state index contributed by atoms with van der Waals surface area (Å²) in [5.41, 5.74) is 1.44. The van der Waals surface area contributed by atoms with Crippen LogP contribution in [0, 0.1) is 5.92 Å². The van der Waals surface area contributed by atoms with Crippen LogP contribution < -0.4 is 5.32 Å². The molecule has 1 atom stereocenters. The molecule has 0 saturated carbocycles. The molecule has 2 heteroatoms. The molecule has 1 saturated heterocycles. The average Bonchev–Trinajstić information content (AvgIpc) is 2.30. The predicted octanol–water partition coefficient (Wildman–Crippen LogP) is 3.62. The summed E-state index contributed by atoms with van der Waals surface area (Å²) >= 11 is 6.31. The van der Waals surface area contributed by atoms with Gasteiger partial charge in [0.1, 0.15) is 0 Å². The summed E-state index contributed by atoms with van der Waals surface area (Å²) in [6.45, 7) is 6.89. The number of benzene rings is 1. The zero-order chi connectivity index (χ0) is 11.6. The predicted molar refractivity (Wildman–Crippen MR) is 70.1 cm³/mol. The molecule has 2 rings (SSSR count). The molecule has 1 nitrogen and oxygen atoms in total. The van der Waals surface area contributed by atoms with Crippen LogP contribution in [0.2, 0.25) is 5.02 Å². The van der Waals surface area contributed by atoms with Crippen molar-refractivity contribution in [2.75, 3.05) is 13.1 Å². The maximum Gasteiger partial charge on any atom is 0.0443 e. The molecule has 88 valence electrons. The summed E-state index contributed by atoms with van der Waals surface area (Å²) in [4.78, 5) is 0. The third-order valence-electron chi connectivity index (χ3n) is 3.89. The normalized spacial score (nSPS) is 22.1. The van der Waals surface area contributed by atoms with Crippen LogP contribution >= 0.6 is 11.6 Å². The second-order valence-electron chi connectivity index (χ2n) is 5.24. The number of piperidine rings is 1. The van der Waals surface area contributed by atoms with Crippen molar-refractivity contribution in [3.63, 3.8) is 0 Å². The minimum absolute atomic E-state index is 0.158. The van der Waals surface area contributed by atoms with Gasteiger partial charge in [0, 0.05) is 5.02 Å². The van der Waals surface area contributed by atoms with Crippen molar-refractivity contribution in [3.05, 3.63) is 34.9 Å². The van der Waals surface area contributed by atoms with Crippen LogP contribution in [0.5, 0.6) is 0 Å². The highest BCUT2D eigenvalue weighted by molar-refractivity contribution is 6.31. The highest BCUT2D eigenvalue weighted by Gasteiger charge is 2.33. The maximum absolute atomic E-state index is 6.31. The lowest BCUT2D eigenvalue weighted by molar-refractivity contribution is 0.252. The van der Waals surface area contributed by atoms with Crippen molar-refractivity contribution in [2.24, 2.45) is 5.92 Å². The van der Waals surface area contributed by atoms with E-state index in [9.17, 15) is 0 Å². The Morgan fingerprint density at radius 1 is 1.31 bits per heavy atom. The minimum Gasteiger partial charge on any atom is -0.316 e. The lowest BCUT2D eigenvalue weighted by Gasteiger charge is -2.38. The molecule has 0 amide bonds. The molecular formula is C14H20ClN. The Kier molecular flexibility index (Phi) is 3.56. The van der Waals surface area contributed by atoms with E-state index in [0.29, 0.717) is 5.92 Å². The molecule has 1 unspecified atom stereocenters. The van der Waals surface area contributed by atoms with Gasteiger partial charge in [0.15, 0.2) is 0 Å². The molecule has 1 aromatic rings. The van der Waals surface area contributed by atoms with Gasteiger partial charge in [0.2, 0.25) is 0 Å². The molecule has 0 bridgehead atoms. The Bertz CT molecular complexity index is 354. The first-order valence-corrected chi connectivity index (χ1v) is 6.46. The quantitative estimate of drug-likeness (QED) is 0.829. The molecule has 0 aliphatic carbocycles. The average molecular weight is 238 g/mol. The van der Waals surface area contributed by atoms with Crippen LogP contribution in [0.15, 0.2) is 24.3 Å². The minimum atomic E-state index is 0.158. The molecule has 0 spiro atoms. The molecule has 1 aliphatic heterocycles. The van der Waals surface area contributed by atoms with Gasteiger partial charge in [-0.15, -0.1) is 0 Å². The van der Waals surface area contributed by atoms with Crippen LogP contribution in [0.1, 0.15) is 32.3 Å². The number of hydrogen-bond donors (Lipinski definition) is 1. The van der Waals surface area contributed by atoms with Crippen molar-refractivity contribution in [3.8, 4) is 0 Å². The summed E-state index contributed by atoms with van der Waals surface area (Å²) in [6, 6.07) is 8.24. The Morgan fingerprint density at radius 2 is 2.06 bits per heavy atom. The second kappa shape index (κ2) is 4.77. The Labute approximate surface area is 103 Å². The number of halogens is 1. The van der Waals surface area contributed by atoms with Gasteiger partial charge >= 0.3 is 0 Å². The van der Waals surface area contributed by atoms with E-state index in [0.717, 1.165) is 18.1 Å². The smallest absolute Gasteiger partial charge is 0.0443 e. The molecule has 1 aliphatic rings. The second-order valence-corrected chi connectivity index (χ2v) is 5.65. The molecule has 1 N–H and O–H groups in total. The van der Waals surface area contributed by atoms with Crippen molar-refractivity contribution in [2.45, 2.75) is 32.1 Å². The fraction of sp³-hybridized carbons (Fsp3) is 0.571. The Balaban J connectivity index is 2.26. The fourth-order valence-corrected chi connectivity index (χ4v) is 3.05. The van der Waals surface area contributed by atoms with E-state index < -0.39 is 0 Å². The van der Waals surface area contributed by atoms with E-state index in [2.05, 4.69) is 31.3 Å². The van der Waals surface area contributed by atoms with E-state index in [4.69, 9.17) is 11.6 Å². The number of rotatable bonds is 2. The van der Waals surface area contributed by atoms with E-state index in [1.54, 1.807) is 0 Å². The fourth-order valence-electron chi connectivity index (χ4n) is 2.67. The summed E-state index contributed by atoms with van der Waals surface area (Å²) in [6.07, 6.45) is 2.57. The van der Waals surface area contributed by atoms with Gasteiger partial charge in [-0.3, -0.25) is 0 Å². The topological polar surface area (TPSA) is 12.0 Å². The molecule has 0 radical (unpaired) electrons. The van der Waals surface area contributed by atoms with Crippen LogP contribution in [0.25, 0.3) is 0 Å². The van der Waals surface area contributed by atoms with Crippen LogP contribution in [-0.2, 0) is 5.41 Å². The lowest BCUT2D eigenvalue weighted by Crippen LogP contribution is -2.40. The van der Waals surface area contributed by atoms with Crippen molar-refractivity contribution < 1.29 is 0 Å². The largest absolute Gasteiger partial charge is 0.316 e. The standard InChI is InChI=1S/C14H20ClN/c1-14(2,11-6-5-9-16-10-11)12-7-3-4-8-13(12)15/h3-4,7-8,11,16H,5-6,9-10H2,1-2H3. The highest BCUT2D eigenvalue weighted by atomic mass is 35.5. The van der Waals surface area contributed by atoms with Gasteiger partial charge in [-0.25, -0.2) is 0 Å². The monoisotopic (exact) mass is 237 g/mol. The zero-order valence-corrected chi connectivity index (χ0v) is 10.8. The lowest BCUT2D eigenvalue weighted by atomic mass is 9.70. The first-order valence-electron chi connectivity index (χ1n) is 6.08. The van der Waals surface area contributed by atoms with Gasteiger partial charge in [0.25, 0.3) is 0 Å². The van der Waals surface area contributed by atoms with Crippen molar-refractivity contribution in [1.82, 2.24) is 5.32 Å². The van der Waals surface area contributed by atoms with Crippen molar-refractivity contribution in [1.29, 1.82) is 0 Å². The van der Waals surface area contributed by atoms with E-state index in [1.807, 2.05) is 12.1 Å². The van der Waals surface area contributed by atoms with Gasteiger partial charge < -0.3 is 5.32 Å². The molecule has 1 aromatic carbocycles. The maximum atomic E-state index is 6.31.